The largest absolute Gasteiger partial charge is 0.390 e. The minimum atomic E-state index is 0.0318. The molecule has 1 fully saturated rings. The molecule has 1 aromatic heterocycles. The van der Waals surface area contributed by atoms with E-state index in [9.17, 15) is 5.11 Å². The van der Waals surface area contributed by atoms with Crippen LogP contribution in [0.4, 0.5) is 0 Å². The number of aryl methyl sites for hydroxylation is 1. The molecule has 19 heavy (non-hydrogen) atoms. The molecule has 1 aliphatic rings. The molecule has 0 spiro atoms. The Labute approximate surface area is 122 Å². The number of benzene rings is 1. The number of aromatic nitrogens is 1. The molecule has 1 N–H and O–H groups in total. The lowest BCUT2D eigenvalue weighted by atomic mass is 10.2. The van der Waals surface area contributed by atoms with E-state index < -0.39 is 0 Å². The summed E-state index contributed by atoms with van der Waals surface area (Å²) in [7, 11) is 0. The third-order valence-electron chi connectivity index (χ3n) is 3.50. The highest BCUT2D eigenvalue weighted by Crippen LogP contribution is 2.36. The number of halogens is 1. The summed E-state index contributed by atoms with van der Waals surface area (Å²) in [6.07, 6.45) is 5.02. The average molecular weight is 294 g/mol. The fourth-order valence-corrected chi connectivity index (χ4v) is 3.38. The van der Waals surface area contributed by atoms with E-state index in [4.69, 9.17) is 11.6 Å². The maximum atomic E-state index is 9.43. The second kappa shape index (κ2) is 5.61. The van der Waals surface area contributed by atoms with E-state index in [1.54, 1.807) is 11.3 Å². The molecule has 2 nitrogen and oxygen atoms in total. The van der Waals surface area contributed by atoms with Gasteiger partial charge in [0, 0.05) is 15.5 Å². The molecule has 0 atom stereocenters. The minimum Gasteiger partial charge on any atom is -0.390 e. The van der Waals surface area contributed by atoms with Crippen molar-refractivity contribution in [2.24, 2.45) is 5.92 Å². The first-order valence-electron chi connectivity index (χ1n) is 6.61. The summed E-state index contributed by atoms with van der Waals surface area (Å²) in [5, 5.41) is 11.1. The van der Waals surface area contributed by atoms with Gasteiger partial charge in [0.15, 0.2) is 0 Å². The molecule has 100 valence electrons. The van der Waals surface area contributed by atoms with Crippen molar-refractivity contribution in [3.8, 4) is 10.6 Å². The zero-order chi connectivity index (χ0) is 13.2. The number of thiazole rings is 1. The van der Waals surface area contributed by atoms with Gasteiger partial charge in [0.05, 0.1) is 12.3 Å². The van der Waals surface area contributed by atoms with Crippen LogP contribution < -0.4 is 0 Å². The molecular weight excluding hydrogens is 278 g/mol. The van der Waals surface area contributed by atoms with Gasteiger partial charge in [-0.2, -0.15) is 0 Å². The molecule has 0 bridgehead atoms. The molecule has 0 aliphatic heterocycles. The Morgan fingerprint density at radius 2 is 2.00 bits per heavy atom. The second-order valence-corrected chi connectivity index (χ2v) is 6.56. The summed E-state index contributed by atoms with van der Waals surface area (Å²) in [4.78, 5) is 5.79. The smallest absolute Gasteiger partial charge is 0.123 e. The van der Waals surface area contributed by atoms with Crippen LogP contribution in [0.5, 0.6) is 0 Å². The van der Waals surface area contributed by atoms with Gasteiger partial charge in [-0.25, -0.2) is 4.98 Å². The van der Waals surface area contributed by atoms with E-state index in [2.05, 4.69) is 4.98 Å². The first-order chi connectivity index (χ1) is 9.26. The van der Waals surface area contributed by atoms with E-state index in [-0.39, 0.29) is 6.61 Å². The lowest BCUT2D eigenvalue weighted by molar-refractivity contribution is 0.276. The van der Waals surface area contributed by atoms with Crippen molar-refractivity contribution in [2.75, 3.05) is 0 Å². The second-order valence-electron chi connectivity index (χ2n) is 5.04. The van der Waals surface area contributed by atoms with Crippen LogP contribution in [-0.2, 0) is 13.0 Å². The van der Waals surface area contributed by atoms with E-state index in [0.717, 1.165) is 33.6 Å². The van der Waals surface area contributed by atoms with E-state index in [1.165, 1.54) is 24.1 Å². The molecular formula is C15H16ClNOS. The molecule has 1 aromatic carbocycles. The van der Waals surface area contributed by atoms with E-state index in [1.807, 2.05) is 24.3 Å². The lowest BCUT2D eigenvalue weighted by Gasteiger charge is -1.97. The fourth-order valence-electron chi connectivity index (χ4n) is 2.16. The van der Waals surface area contributed by atoms with Gasteiger partial charge in [-0.3, -0.25) is 0 Å². The maximum Gasteiger partial charge on any atom is 0.123 e. The van der Waals surface area contributed by atoms with Gasteiger partial charge in [-0.15, -0.1) is 11.3 Å². The number of nitrogens with zero attached hydrogens (tertiary/aromatic N) is 1. The lowest BCUT2D eigenvalue weighted by Crippen LogP contribution is -1.91. The van der Waals surface area contributed by atoms with Crippen LogP contribution in [0.2, 0.25) is 5.02 Å². The summed E-state index contributed by atoms with van der Waals surface area (Å²) >= 11 is 7.60. The van der Waals surface area contributed by atoms with Gasteiger partial charge in [0.1, 0.15) is 5.01 Å². The Balaban J connectivity index is 1.82. The van der Waals surface area contributed by atoms with Crippen molar-refractivity contribution in [3.63, 3.8) is 0 Å². The number of aliphatic hydroxyl groups excluding tert-OH is 1. The van der Waals surface area contributed by atoms with Gasteiger partial charge in [-0.1, -0.05) is 36.6 Å². The topological polar surface area (TPSA) is 33.1 Å². The maximum absolute atomic E-state index is 9.43. The normalized spacial score (nSPS) is 14.8. The summed E-state index contributed by atoms with van der Waals surface area (Å²) in [6.45, 7) is 0.0318. The molecule has 0 radical (unpaired) electrons. The van der Waals surface area contributed by atoms with Crippen molar-refractivity contribution in [1.29, 1.82) is 0 Å². The summed E-state index contributed by atoms with van der Waals surface area (Å²) < 4.78 is 0. The van der Waals surface area contributed by atoms with Crippen LogP contribution in [0.1, 0.15) is 29.8 Å². The van der Waals surface area contributed by atoms with Crippen LogP contribution in [0.25, 0.3) is 10.6 Å². The van der Waals surface area contributed by atoms with Gasteiger partial charge in [0.25, 0.3) is 0 Å². The predicted molar refractivity (Wildman–Crippen MR) is 79.5 cm³/mol. The standard InChI is InChI=1S/C15H16ClNOS/c16-12-6-4-11(5-7-12)15-17-13(9-18)14(19-15)8-3-10-1-2-10/h4-7,10,18H,1-3,8-9H2. The molecule has 1 aliphatic carbocycles. The average Bonchev–Trinajstić information content (AvgIpc) is 3.16. The van der Waals surface area contributed by atoms with Crippen molar-refractivity contribution in [1.82, 2.24) is 4.98 Å². The summed E-state index contributed by atoms with van der Waals surface area (Å²) in [5.74, 6) is 0.910. The molecule has 0 saturated heterocycles. The Kier molecular flexibility index (Phi) is 3.87. The van der Waals surface area contributed by atoms with Crippen LogP contribution in [0.15, 0.2) is 24.3 Å². The third-order valence-corrected chi connectivity index (χ3v) is 4.95. The highest BCUT2D eigenvalue weighted by molar-refractivity contribution is 7.15. The Morgan fingerprint density at radius 3 is 2.63 bits per heavy atom. The zero-order valence-electron chi connectivity index (χ0n) is 10.6. The predicted octanol–water partition coefficient (Wildman–Crippen LogP) is 4.30. The van der Waals surface area contributed by atoms with Crippen LogP contribution in [-0.4, -0.2) is 10.1 Å². The number of hydrogen-bond acceptors (Lipinski definition) is 3. The Morgan fingerprint density at radius 1 is 1.26 bits per heavy atom. The SMILES string of the molecule is OCc1nc(-c2ccc(Cl)cc2)sc1CCC1CC1. The van der Waals surface area contributed by atoms with Crippen LogP contribution in [0, 0.1) is 5.92 Å². The van der Waals surface area contributed by atoms with Gasteiger partial charge in [-0.05, 0) is 30.9 Å². The van der Waals surface area contributed by atoms with Gasteiger partial charge in [0.2, 0.25) is 0 Å². The monoisotopic (exact) mass is 293 g/mol. The molecule has 1 saturated carbocycles. The highest BCUT2D eigenvalue weighted by Gasteiger charge is 2.22. The number of rotatable bonds is 5. The zero-order valence-corrected chi connectivity index (χ0v) is 12.2. The minimum absolute atomic E-state index is 0.0318. The third kappa shape index (κ3) is 3.16. The quantitative estimate of drug-likeness (QED) is 0.891. The first kappa shape index (κ1) is 13.1. The highest BCUT2D eigenvalue weighted by atomic mass is 35.5. The summed E-state index contributed by atoms with van der Waals surface area (Å²) in [6, 6.07) is 7.71. The fraction of sp³-hybridized carbons (Fsp3) is 0.400. The molecule has 0 amide bonds. The Bertz CT molecular complexity index is 560. The first-order valence-corrected chi connectivity index (χ1v) is 7.81. The number of aliphatic hydroxyl groups is 1. The number of hydrogen-bond donors (Lipinski definition) is 1. The van der Waals surface area contributed by atoms with Crippen molar-refractivity contribution in [3.05, 3.63) is 39.9 Å². The molecule has 3 rings (SSSR count). The van der Waals surface area contributed by atoms with E-state index in [0.29, 0.717) is 0 Å². The molecule has 0 unspecified atom stereocenters. The van der Waals surface area contributed by atoms with Gasteiger partial charge < -0.3 is 5.11 Å². The molecule has 1 heterocycles. The molecule has 2 aromatic rings. The van der Waals surface area contributed by atoms with Crippen molar-refractivity contribution in [2.45, 2.75) is 32.3 Å². The van der Waals surface area contributed by atoms with Crippen LogP contribution in [0.3, 0.4) is 0 Å². The Hall–Kier alpha value is -0.900. The van der Waals surface area contributed by atoms with Crippen molar-refractivity contribution < 1.29 is 5.11 Å². The summed E-state index contributed by atoms with van der Waals surface area (Å²) in [5.41, 5.74) is 1.91. The van der Waals surface area contributed by atoms with E-state index >= 15 is 0 Å². The van der Waals surface area contributed by atoms with Crippen molar-refractivity contribution >= 4 is 22.9 Å². The van der Waals surface area contributed by atoms with Crippen LogP contribution >= 0.6 is 22.9 Å². The van der Waals surface area contributed by atoms with Gasteiger partial charge >= 0.3 is 0 Å². The molecule has 4 heteroatoms.